The first-order chi connectivity index (χ1) is 10.8. The second kappa shape index (κ2) is 9.62. The molecule has 1 saturated heterocycles. The summed E-state index contributed by atoms with van der Waals surface area (Å²) in [4.78, 5) is 4.29. The van der Waals surface area contributed by atoms with E-state index in [0.29, 0.717) is 0 Å². The largest absolute Gasteiger partial charge is 0.489 e. The molecule has 0 aliphatic carbocycles. The summed E-state index contributed by atoms with van der Waals surface area (Å²) in [5.41, 5.74) is 0. The Morgan fingerprint density at radius 3 is 2.82 bits per heavy atom. The fraction of sp³-hybridized carbons (Fsp3) is 0.588. The lowest BCUT2D eigenvalue weighted by molar-refractivity contribution is 0.199. The van der Waals surface area contributed by atoms with Gasteiger partial charge in [0.1, 0.15) is 11.9 Å². The normalized spacial score (nSPS) is 19.7. The molecule has 2 N–H and O–H groups in total. The van der Waals surface area contributed by atoms with E-state index in [2.05, 4.69) is 34.3 Å². The number of thioether (sulfide) groups is 1. The highest BCUT2D eigenvalue weighted by Crippen LogP contribution is 2.25. The zero-order valence-electron chi connectivity index (χ0n) is 13.5. The van der Waals surface area contributed by atoms with Gasteiger partial charge in [0.2, 0.25) is 0 Å². The summed E-state index contributed by atoms with van der Waals surface area (Å²) >= 11 is 2.06. The zero-order chi connectivity index (χ0) is 15.6. The van der Waals surface area contributed by atoms with E-state index in [0.717, 1.165) is 36.5 Å². The predicted octanol–water partition coefficient (Wildman–Crippen LogP) is 2.90. The Balaban J connectivity index is 1.73. The van der Waals surface area contributed by atoms with E-state index in [1.807, 2.05) is 37.4 Å². The summed E-state index contributed by atoms with van der Waals surface area (Å²) in [5.74, 6) is 3.07. The van der Waals surface area contributed by atoms with Crippen molar-refractivity contribution in [2.75, 3.05) is 25.9 Å². The van der Waals surface area contributed by atoms with Gasteiger partial charge in [0, 0.05) is 18.8 Å². The first kappa shape index (κ1) is 17.0. The van der Waals surface area contributed by atoms with Gasteiger partial charge in [-0.05, 0) is 37.1 Å². The van der Waals surface area contributed by atoms with Crippen molar-refractivity contribution < 1.29 is 4.74 Å². The zero-order valence-corrected chi connectivity index (χ0v) is 14.4. The molecule has 0 radical (unpaired) electrons. The molecule has 2 unspecified atom stereocenters. The van der Waals surface area contributed by atoms with E-state index in [1.54, 1.807) is 0 Å². The molecular weight excluding hydrogens is 294 g/mol. The Morgan fingerprint density at radius 2 is 2.18 bits per heavy atom. The van der Waals surface area contributed by atoms with Gasteiger partial charge in [-0.25, -0.2) is 0 Å². The molecule has 0 bridgehead atoms. The molecule has 2 atom stereocenters. The van der Waals surface area contributed by atoms with Crippen molar-refractivity contribution in [2.45, 2.75) is 37.5 Å². The van der Waals surface area contributed by atoms with Crippen molar-refractivity contribution >= 4 is 17.7 Å². The Hall–Kier alpha value is -1.36. The van der Waals surface area contributed by atoms with Gasteiger partial charge in [0.15, 0.2) is 5.96 Å². The van der Waals surface area contributed by atoms with E-state index in [-0.39, 0.29) is 6.10 Å². The molecule has 22 heavy (non-hydrogen) atoms. The Morgan fingerprint density at radius 1 is 1.36 bits per heavy atom. The van der Waals surface area contributed by atoms with E-state index in [1.165, 1.54) is 18.6 Å². The lowest BCUT2D eigenvalue weighted by Crippen LogP contribution is -2.44. The van der Waals surface area contributed by atoms with Gasteiger partial charge in [-0.3, -0.25) is 4.99 Å². The average molecular weight is 321 g/mol. The third-order valence-electron chi connectivity index (χ3n) is 3.74. The summed E-state index contributed by atoms with van der Waals surface area (Å²) in [7, 11) is 1.82. The third kappa shape index (κ3) is 5.79. The number of rotatable bonds is 7. The second-order valence-electron chi connectivity index (χ2n) is 5.43. The van der Waals surface area contributed by atoms with Crippen LogP contribution >= 0.6 is 11.8 Å². The molecule has 0 amide bonds. The van der Waals surface area contributed by atoms with Crippen LogP contribution in [-0.2, 0) is 0 Å². The molecule has 0 saturated carbocycles. The van der Waals surface area contributed by atoms with Gasteiger partial charge in [-0.2, -0.15) is 11.8 Å². The van der Waals surface area contributed by atoms with E-state index < -0.39 is 0 Å². The smallest absolute Gasteiger partial charge is 0.191 e. The summed E-state index contributed by atoms with van der Waals surface area (Å²) in [6.45, 7) is 3.88. The minimum Gasteiger partial charge on any atom is -0.489 e. The molecule has 5 heteroatoms. The van der Waals surface area contributed by atoms with Gasteiger partial charge in [-0.15, -0.1) is 0 Å². The number of nitrogens with zero attached hydrogens (tertiary/aromatic N) is 1. The summed E-state index contributed by atoms with van der Waals surface area (Å²) < 4.78 is 5.99. The highest BCUT2D eigenvalue weighted by atomic mass is 32.2. The maximum Gasteiger partial charge on any atom is 0.191 e. The van der Waals surface area contributed by atoms with Crippen LogP contribution in [0.15, 0.2) is 35.3 Å². The van der Waals surface area contributed by atoms with Crippen LogP contribution in [0.4, 0.5) is 0 Å². The molecule has 1 aliphatic rings. The van der Waals surface area contributed by atoms with E-state index in [9.17, 15) is 0 Å². The molecule has 1 aliphatic heterocycles. The molecule has 4 nitrogen and oxygen atoms in total. The van der Waals surface area contributed by atoms with Crippen LogP contribution in [-0.4, -0.2) is 43.2 Å². The highest BCUT2D eigenvalue weighted by molar-refractivity contribution is 8.00. The molecule has 1 aromatic carbocycles. The Labute approximate surface area is 138 Å². The van der Waals surface area contributed by atoms with Crippen LogP contribution in [0.3, 0.4) is 0 Å². The van der Waals surface area contributed by atoms with Gasteiger partial charge < -0.3 is 15.4 Å². The van der Waals surface area contributed by atoms with Gasteiger partial charge in [0.25, 0.3) is 0 Å². The first-order valence-electron chi connectivity index (χ1n) is 8.09. The second-order valence-corrected chi connectivity index (χ2v) is 6.84. The fourth-order valence-electron chi connectivity index (χ4n) is 2.41. The molecule has 1 aromatic rings. The number of nitrogens with one attached hydrogen (secondary N) is 2. The Kier molecular flexibility index (Phi) is 7.43. The van der Waals surface area contributed by atoms with Gasteiger partial charge in [-0.1, -0.05) is 25.1 Å². The predicted molar refractivity (Wildman–Crippen MR) is 96.0 cm³/mol. The lowest BCUT2D eigenvalue weighted by atomic mass is 10.2. The number of guanidine groups is 1. The van der Waals surface area contributed by atoms with Crippen molar-refractivity contribution in [2.24, 2.45) is 4.99 Å². The third-order valence-corrected chi connectivity index (χ3v) is 5.14. The van der Waals surface area contributed by atoms with E-state index >= 15 is 0 Å². The number of hydrogen-bond acceptors (Lipinski definition) is 3. The molecule has 1 fully saturated rings. The van der Waals surface area contributed by atoms with Crippen LogP contribution in [0.1, 0.15) is 26.2 Å². The monoisotopic (exact) mass is 321 g/mol. The molecule has 0 spiro atoms. The Bertz CT molecular complexity index is 446. The summed E-state index contributed by atoms with van der Waals surface area (Å²) in [6.07, 6.45) is 3.74. The lowest BCUT2D eigenvalue weighted by Gasteiger charge is -2.20. The molecule has 0 aromatic heterocycles. The average Bonchev–Trinajstić information content (AvgIpc) is 3.08. The molecule has 2 rings (SSSR count). The highest BCUT2D eigenvalue weighted by Gasteiger charge is 2.16. The quantitative estimate of drug-likeness (QED) is 0.599. The van der Waals surface area contributed by atoms with Crippen molar-refractivity contribution in [3.63, 3.8) is 0 Å². The number of para-hydroxylation sites is 1. The van der Waals surface area contributed by atoms with Crippen LogP contribution < -0.4 is 15.4 Å². The first-order valence-corrected chi connectivity index (χ1v) is 9.14. The number of hydrogen-bond donors (Lipinski definition) is 2. The molecular formula is C17H27N3OS. The maximum absolute atomic E-state index is 5.99. The number of ether oxygens (including phenoxy) is 1. The van der Waals surface area contributed by atoms with Crippen molar-refractivity contribution in [1.82, 2.24) is 10.6 Å². The number of benzene rings is 1. The van der Waals surface area contributed by atoms with Crippen LogP contribution in [0.5, 0.6) is 5.75 Å². The summed E-state index contributed by atoms with van der Waals surface area (Å²) in [5, 5.41) is 7.51. The maximum atomic E-state index is 5.99. The molecule has 122 valence electrons. The fourth-order valence-corrected chi connectivity index (χ4v) is 3.61. The minimum absolute atomic E-state index is 0.141. The topological polar surface area (TPSA) is 45.7 Å². The van der Waals surface area contributed by atoms with Crippen molar-refractivity contribution in [3.05, 3.63) is 30.3 Å². The molecule has 1 heterocycles. The SMILES string of the molecule is CCC(CNC(=NC)NCC1CCCS1)Oc1ccccc1. The number of aliphatic imine (C=N–C) groups is 1. The van der Waals surface area contributed by atoms with Crippen LogP contribution in [0.25, 0.3) is 0 Å². The van der Waals surface area contributed by atoms with Gasteiger partial charge >= 0.3 is 0 Å². The van der Waals surface area contributed by atoms with Crippen molar-refractivity contribution in [1.29, 1.82) is 0 Å². The van der Waals surface area contributed by atoms with Gasteiger partial charge in [0.05, 0.1) is 6.54 Å². The standard InChI is InChI=1S/C17H27N3OS/c1-3-14(21-15-8-5-4-6-9-15)12-19-17(18-2)20-13-16-10-7-11-22-16/h4-6,8-9,14,16H,3,7,10-13H2,1-2H3,(H2,18,19,20). The van der Waals surface area contributed by atoms with E-state index in [4.69, 9.17) is 4.74 Å². The minimum atomic E-state index is 0.141. The van der Waals surface area contributed by atoms with Crippen LogP contribution in [0.2, 0.25) is 0 Å². The summed E-state index contributed by atoms with van der Waals surface area (Å²) in [6, 6.07) is 9.98. The van der Waals surface area contributed by atoms with Crippen molar-refractivity contribution in [3.8, 4) is 5.75 Å². The van der Waals surface area contributed by atoms with Crippen LogP contribution in [0, 0.1) is 0 Å².